The molecule has 4 heteroatoms. The van der Waals surface area contributed by atoms with E-state index < -0.39 is 6.10 Å². The van der Waals surface area contributed by atoms with Crippen LogP contribution >= 0.6 is 0 Å². The maximum Gasteiger partial charge on any atom is 0.0798 e. The second-order valence-corrected chi connectivity index (χ2v) is 4.65. The van der Waals surface area contributed by atoms with Gasteiger partial charge in [-0.15, -0.1) is 0 Å². The smallest absolute Gasteiger partial charge is 0.0798 e. The van der Waals surface area contributed by atoms with Crippen molar-refractivity contribution in [3.05, 3.63) is 17.0 Å². The van der Waals surface area contributed by atoms with Gasteiger partial charge in [0.25, 0.3) is 0 Å². The second-order valence-electron chi connectivity index (χ2n) is 4.65. The lowest BCUT2D eigenvalue weighted by Crippen LogP contribution is -2.14. The molecule has 0 aliphatic carbocycles. The highest BCUT2D eigenvalue weighted by molar-refractivity contribution is 5.29. The molecule has 0 saturated carbocycles. The molecular weight excluding hydrogens is 216 g/mol. The Kier molecular flexibility index (Phi) is 3.84. The zero-order valence-electron chi connectivity index (χ0n) is 10.9. The molecule has 2 unspecified atom stereocenters. The van der Waals surface area contributed by atoms with Crippen molar-refractivity contribution in [2.24, 2.45) is 0 Å². The van der Waals surface area contributed by atoms with Crippen molar-refractivity contribution in [1.29, 1.82) is 0 Å². The average molecular weight is 238 g/mol. The molecule has 1 aromatic rings. The van der Waals surface area contributed by atoms with Gasteiger partial charge in [-0.1, -0.05) is 13.8 Å². The maximum atomic E-state index is 9.92. The zero-order valence-corrected chi connectivity index (χ0v) is 10.9. The second kappa shape index (κ2) is 5.19. The summed E-state index contributed by atoms with van der Waals surface area (Å²) in [4.78, 5) is 0. The van der Waals surface area contributed by atoms with E-state index in [0.717, 1.165) is 43.7 Å². The van der Waals surface area contributed by atoms with E-state index in [2.05, 4.69) is 23.6 Å². The third-order valence-electron chi connectivity index (χ3n) is 3.47. The van der Waals surface area contributed by atoms with Crippen molar-refractivity contribution in [2.45, 2.75) is 52.2 Å². The molecule has 1 saturated heterocycles. The van der Waals surface area contributed by atoms with E-state index in [1.165, 1.54) is 5.69 Å². The molecule has 0 aromatic carbocycles. The topological polar surface area (TPSA) is 47.3 Å². The van der Waals surface area contributed by atoms with Gasteiger partial charge in [-0.25, -0.2) is 0 Å². The summed E-state index contributed by atoms with van der Waals surface area (Å²) in [5, 5.41) is 14.6. The van der Waals surface area contributed by atoms with Gasteiger partial charge in [0.2, 0.25) is 0 Å². The van der Waals surface area contributed by atoms with Crippen molar-refractivity contribution in [2.75, 3.05) is 13.2 Å². The fourth-order valence-corrected chi connectivity index (χ4v) is 2.65. The van der Waals surface area contributed by atoms with Gasteiger partial charge in [0.15, 0.2) is 0 Å². The summed E-state index contributed by atoms with van der Waals surface area (Å²) in [5.74, 6) is 0. The largest absolute Gasteiger partial charge is 0.389 e. The van der Waals surface area contributed by atoms with Crippen LogP contribution in [0.3, 0.4) is 0 Å². The first-order valence-electron chi connectivity index (χ1n) is 6.54. The Morgan fingerprint density at radius 2 is 2.24 bits per heavy atom. The van der Waals surface area contributed by atoms with E-state index in [0.29, 0.717) is 6.04 Å². The number of aryl methyl sites for hydroxylation is 1. The molecule has 2 rings (SSSR count). The van der Waals surface area contributed by atoms with Crippen LogP contribution in [0.2, 0.25) is 0 Å². The van der Waals surface area contributed by atoms with E-state index in [9.17, 15) is 5.11 Å². The van der Waals surface area contributed by atoms with Crippen molar-refractivity contribution in [1.82, 2.24) is 9.78 Å². The minimum absolute atomic E-state index is 0.350. The molecule has 1 aliphatic heterocycles. The molecule has 1 aliphatic rings. The first-order chi connectivity index (χ1) is 8.19. The van der Waals surface area contributed by atoms with E-state index in [1.807, 2.05) is 6.92 Å². The van der Waals surface area contributed by atoms with Gasteiger partial charge in [-0.05, 0) is 26.2 Å². The molecule has 4 nitrogen and oxygen atoms in total. The highest BCUT2D eigenvalue weighted by Crippen LogP contribution is 2.28. The van der Waals surface area contributed by atoms with Gasteiger partial charge in [-0.2, -0.15) is 5.10 Å². The highest BCUT2D eigenvalue weighted by atomic mass is 16.5. The van der Waals surface area contributed by atoms with Crippen LogP contribution in [0, 0.1) is 0 Å². The Hall–Kier alpha value is -0.870. The van der Waals surface area contributed by atoms with Crippen molar-refractivity contribution < 1.29 is 9.84 Å². The molecule has 0 radical (unpaired) electrons. The molecule has 17 heavy (non-hydrogen) atoms. The van der Waals surface area contributed by atoms with Crippen molar-refractivity contribution in [3.8, 4) is 0 Å². The minimum Gasteiger partial charge on any atom is -0.389 e. The van der Waals surface area contributed by atoms with Gasteiger partial charge < -0.3 is 9.84 Å². The monoisotopic (exact) mass is 238 g/mol. The summed E-state index contributed by atoms with van der Waals surface area (Å²) < 4.78 is 7.52. The molecule has 2 atom stereocenters. The third-order valence-corrected chi connectivity index (χ3v) is 3.47. The number of aliphatic hydroxyl groups is 1. The molecular formula is C13H22N2O2. The van der Waals surface area contributed by atoms with E-state index >= 15 is 0 Å². The van der Waals surface area contributed by atoms with Gasteiger partial charge in [0.1, 0.15) is 0 Å². The van der Waals surface area contributed by atoms with Crippen LogP contribution in [0.25, 0.3) is 0 Å². The molecule has 2 heterocycles. The van der Waals surface area contributed by atoms with Crippen LogP contribution in [0.5, 0.6) is 0 Å². The third kappa shape index (κ3) is 2.24. The van der Waals surface area contributed by atoms with Gasteiger partial charge in [-0.3, -0.25) is 4.68 Å². The van der Waals surface area contributed by atoms with Crippen molar-refractivity contribution in [3.63, 3.8) is 0 Å². The van der Waals surface area contributed by atoms with Crippen LogP contribution < -0.4 is 0 Å². The standard InChI is InChI=1S/C13H22N2O2/c1-4-11-13(9(3)16)12(5-2)15(14-11)10-6-7-17-8-10/h9-10,16H,4-8H2,1-3H3. The number of aromatic nitrogens is 2. The maximum absolute atomic E-state index is 9.92. The van der Waals surface area contributed by atoms with Crippen LogP contribution in [0.15, 0.2) is 0 Å². The summed E-state index contributed by atoms with van der Waals surface area (Å²) in [6, 6.07) is 0.350. The Labute approximate surface area is 103 Å². The SMILES string of the molecule is CCc1nn(C2CCOC2)c(CC)c1C(C)O. The summed E-state index contributed by atoms with van der Waals surface area (Å²) in [7, 11) is 0. The van der Waals surface area contributed by atoms with Gasteiger partial charge >= 0.3 is 0 Å². The number of hydrogen-bond donors (Lipinski definition) is 1. The lowest BCUT2D eigenvalue weighted by molar-refractivity contribution is 0.183. The van der Waals surface area contributed by atoms with E-state index in [1.54, 1.807) is 0 Å². The zero-order chi connectivity index (χ0) is 12.4. The molecule has 1 aromatic heterocycles. The van der Waals surface area contributed by atoms with E-state index in [4.69, 9.17) is 4.74 Å². The quantitative estimate of drug-likeness (QED) is 0.873. The minimum atomic E-state index is -0.434. The first kappa shape index (κ1) is 12.6. The average Bonchev–Trinajstić information content (AvgIpc) is 2.94. The lowest BCUT2D eigenvalue weighted by atomic mass is 10.0. The molecule has 0 bridgehead atoms. The fraction of sp³-hybridized carbons (Fsp3) is 0.769. The van der Waals surface area contributed by atoms with Crippen LogP contribution in [-0.2, 0) is 17.6 Å². The Morgan fingerprint density at radius 1 is 1.47 bits per heavy atom. The van der Waals surface area contributed by atoms with Crippen molar-refractivity contribution >= 4 is 0 Å². The lowest BCUT2D eigenvalue weighted by Gasteiger charge is -2.13. The van der Waals surface area contributed by atoms with Gasteiger partial charge in [0, 0.05) is 17.9 Å². The van der Waals surface area contributed by atoms with Crippen LogP contribution in [-0.4, -0.2) is 28.1 Å². The molecule has 96 valence electrons. The Bertz CT molecular complexity index is 379. The number of aliphatic hydroxyl groups excluding tert-OH is 1. The molecule has 1 fully saturated rings. The van der Waals surface area contributed by atoms with Gasteiger partial charge in [0.05, 0.1) is 24.4 Å². The number of hydrogen-bond acceptors (Lipinski definition) is 3. The molecule has 0 spiro atoms. The molecule has 1 N–H and O–H groups in total. The summed E-state index contributed by atoms with van der Waals surface area (Å²) in [5.41, 5.74) is 3.23. The predicted molar refractivity (Wildman–Crippen MR) is 66.1 cm³/mol. The number of rotatable bonds is 4. The highest BCUT2D eigenvalue weighted by Gasteiger charge is 2.25. The summed E-state index contributed by atoms with van der Waals surface area (Å²) in [6.45, 7) is 7.60. The Morgan fingerprint density at radius 3 is 2.71 bits per heavy atom. The number of ether oxygens (including phenoxy) is 1. The first-order valence-corrected chi connectivity index (χ1v) is 6.54. The normalized spacial score (nSPS) is 22.0. The van der Waals surface area contributed by atoms with Crippen LogP contribution in [0.1, 0.15) is 56.3 Å². The fourth-order valence-electron chi connectivity index (χ4n) is 2.65. The predicted octanol–water partition coefficient (Wildman–Crippen LogP) is 2.02. The Balaban J connectivity index is 2.44. The molecule has 0 amide bonds. The van der Waals surface area contributed by atoms with E-state index in [-0.39, 0.29) is 0 Å². The number of nitrogens with zero attached hydrogens (tertiary/aromatic N) is 2. The summed E-state index contributed by atoms with van der Waals surface area (Å²) >= 11 is 0. The van der Waals surface area contributed by atoms with Crippen LogP contribution in [0.4, 0.5) is 0 Å². The summed E-state index contributed by atoms with van der Waals surface area (Å²) in [6.07, 6.45) is 2.37.